The summed E-state index contributed by atoms with van der Waals surface area (Å²) in [6.07, 6.45) is 9.55. The molecule has 1 aromatic rings. The highest BCUT2D eigenvalue weighted by Crippen LogP contribution is 2.66. The van der Waals surface area contributed by atoms with Gasteiger partial charge in [-0.25, -0.2) is 0 Å². The van der Waals surface area contributed by atoms with Crippen LogP contribution in [-0.2, 0) is 4.79 Å². The van der Waals surface area contributed by atoms with Gasteiger partial charge in [0, 0.05) is 50.1 Å². The van der Waals surface area contributed by atoms with Gasteiger partial charge in [-0.3, -0.25) is 14.5 Å². The maximum absolute atomic E-state index is 12.8. The summed E-state index contributed by atoms with van der Waals surface area (Å²) in [4.78, 5) is 29.9. The first-order chi connectivity index (χ1) is 17.2. The number of ketones is 1. The minimum Gasteiger partial charge on any atom is -0.389 e. The molecule has 0 aromatic heterocycles. The van der Waals surface area contributed by atoms with Crippen molar-refractivity contribution in [1.29, 1.82) is 0 Å². The van der Waals surface area contributed by atoms with Crippen LogP contribution in [-0.4, -0.2) is 64.9 Å². The van der Waals surface area contributed by atoms with E-state index in [0.717, 1.165) is 82.7 Å². The number of carbonyl (C=O) groups is 2. The predicted octanol–water partition coefficient (Wildman–Crippen LogP) is 4.79. The van der Waals surface area contributed by atoms with Crippen molar-refractivity contribution in [2.75, 3.05) is 32.7 Å². The summed E-state index contributed by atoms with van der Waals surface area (Å²) in [5, 5.41) is 11.8. The molecule has 6 rings (SSSR count). The lowest BCUT2D eigenvalue weighted by Crippen LogP contribution is -2.59. The largest absolute Gasteiger partial charge is 0.389 e. The number of hydrogen-bond donors (Lipinski definition) is 1. The molecule has 0 bridgehead atoms. The molecule has 36 heavy (non-hydrogen) atoms. The second-order valence-corrected chi connectivity index (χ2v) is 13.4. The Labute approximate surface area is 216 Å². The third kappa shape index (κ3) is 3.96. The van der Waals surface area contributed by atoms with Gasteiger partial charge in [-0.05, 0) is 92.6 Å². The molecule has 4 aliphatic carbocycles. The molecule has 0 radical (unpaired) electrons. The van der Waals surface area contributed by atoms with Crippen LogP contribution in [0.3, 0.4) is 0 Å². The van der Waals surface area contributed by atoms with Gasteiger partial charge in [0.05, 0.1) is 5.60 Å². The van der Waals surface area contributed by atoms with E-state index in [-0.39, 0.29) is 11.3 Å². The van der Waals surface area contributed by atoms with Crippen LogP contribution < -0.4 is 0 Å². The van der Waals surface area contributed by atoms with Gasteiger partial charge in [0.25, 0.3) is 5.91 Å². The molecule has 7 atom stereocenters. The van der Waals surface area contributed by atoms with Crippen LogP contribution in [0, 0.1) is 34.5 Å². The lowest BCUT2D eigenvalue weighted by molar-refractivity contribution is -0.157. The number of fused-ring (bicyclic) bond motifs is 5. The molecule has 1 saturated heterocycles. The van der Waals surface area contributed by atoms with Crippen LogP contribution in [0.15, 0.2) is 30.3 Å². The number of hydrogen-bond acceptors (Lipinski definition) is 4. The molecule has 5 nitrogen and oxygen atoms in total. The molecule has 1 heterocycles. The van der Waals surface area contributed by atoms with Crippen molar-refractivity contribution in [2.45, 2.75) is 77.2 Å². The van der Waals surface area contributed by atoms with Crippen molar-refractivity contribution >= 4 is 11.7 Å². The summed E-state index contributed by atoms with van der Waals surface area (Å²) in [6.45, 7) is 8.66. The first-order valence-corrected chi connectivity index (χ1v) is 14.5. The summed E-state index contributed by atoms with van der Waals surface area (Å²) in [5.74, 6) is 3.25. The first-order valence-electron chi connectivity index (χ1n) is 14.5. The van der Waals surface area contributed by atoms with E-state index in [1.165, 1.54) is 19.3 Å². The van der Waals surface area contributed by atoms with Crippen molar-refractivity contribution in [1.82, 2.24) is 9.80 Å². The Morgan fingerprint density at radius 1 is 0.944 bits per heavy atom. The van der Waals surface area contributed by atoms with Crippen LogP contribution in [0.2, 0.25) is 0 Å². The minimum absolute atomic E-state index is 0.0518. The molecular formula is C31H44N2O3. The van der Waals surface area contributed by atoms with E-state index >= 15 is 0 Å². The van der Waals surface area contributed by atoms with Crippen LogP contribution in [0.1, 0.15) is 82.0 Å². The fourth-order valence-corrected chi connectivity index (χ4v) is 9.53. The van der Waals surface area contributed by atoms with Gasteiger partial charge in [0.15, 0.2) is 0 Å². The third-order valence-electron chi connectivity index (χ3n) is 11.7. The maximum atomic E-state index is 12.8. The van der Waals surface area contributed by atoms with Crippen LogP contribution in [0.25, 0.3) is 0 Å². The number of nitrogens with zero attached hydrogens (tertiary/aromatic N) is 2. The van der Waals surface area contributed by atoms with Gasteiger partial charge < -0.3 is 10.0 Å². The van der Waals surface area contributed by atoms with Gasteiger partial charge in [-0.15, -0.1) is 0 Å². The lowest BCUT2D eigenvalue weighted by Gasteiger charge is -2.61. The second-order valence-electron chi connectivity index (χ2n) is 13.4. The third-order valence-corrected chi connectivity index (χ3v) is 11.7. The van der Waals surface area contributed by atoms with Gasteiger partial charge in [0.2, 0.25) is 0 Å². The molecule has 1 N–H and O–H groups in total. The van der Waals surface area contributed by atoms with E-state index in [9.17, 15) is 14.7 Å². The molecule has 1 amide bonds. The van der Waals surface area contributed by atoms with Crippen molar-refractivity contribution in [3.8, 4) is 0 Å². The number of piperazine rings is 1. The summed E-state index contributed by atoms with van der Waals surface area (Å²) in [5.41, 5.74) is 0.402. The highest BCUT2D eigenvalue weighted by Gasteiger charge is 2.61. The van der Waals surface area contributed by atoms with Gasteiger partial charge in [-0.2, -0.15) is 0 Å². The molecule has 196 valence electrons. The molecule has 1 aromatic carbocycles. The number of β-amino-alcohol motifs (C(OH)–C–C–N with tert-alkyl or cyclic N) is 1. The van der Waals surface area contributed by atoms with Crippen molar-refractivity contribution < 1.29 is 14.7 Å². The zero-order valence-corrected chi connectivity index (χ0v) is 22.3. The number of amides is 1. The molecule has 0 unspecified atom stereocenters. The second kappa shape index (κ2) is 8.94. The molecule has 4 saturated carbocycles. The number of benzene rings is 1. The van der Waals surface area contributed by atoms with E-state index in [4.69, 9.17) is 0 Å². The topological polar surface area (TPSA) is 60.9 Å². The highest BCUT2D eigenvalue weighted by atomic mass is 16.3. The lowest BCUT2D eigenvalue weighted by atomic mass is 9.44. The highest BCUT2D eigenvalue weighted by molar-refractivity contribution is 5.94. The Morgan fingerprint density at radius 2 is 1.69 bits per heavy atom. The van der Waals surface area contributed by atoms with E-state index in [0.29, 0.717) is 29.0 Å². The van der Waals surface area contributed by atoms with Crippen molar-refractivity contribution in [3.05, 3.63) is 35.9 Å². The fraction of sp³-hybridized carbons (Fsp3) is 0.742. The molecule has 0 spiro atoms. The van der Waals surface area contributed by atoms with Crippen molar-refractivity contribution in [2.24, 2.45) is 34.5 Å². The number of carbonyl (C=O) groups excluding carboxylic acids is 2. The normalized spacial score (nSPS) is 43.0. The molecular weight excluding hydrogens is 448 g/mol. The number of Topliss-reactive ketones (excluding diaryl/α,β-unsaturated/α-hetero) is 1. The van der Waals surface area contributed by atoms with E-state index in [1.807, 2.05) is 35.2 Å². The Balaban J connectivity index is 1.07. The van der Waals surface area contributed by atoms with Crippen LogP contribution in [0.4, 0.5) is 0 Å². The monoisotopic (exact) mass is 492 g/mol. The summed E-state index contributed by atoms with van der Waals surface area (Å²) in [7, 11) is 0. The number of rotatable bonds is 3. The van der Waals surface area contributed by atoms with Crippen molar-refractivity contribution in [3.63, 3.8) is 0 Å². The standard InChI is InChI=1S/C31H44N2O3/c1-29-14-15-31(36,21-32-16-18-33(19-17-32)28(35)22-6-4-3-5-7-22)20-23(29)8-9-24-25-10-11-27(34)30(25,2)13-12-26(24)29/h3-7,23-26,36H,8-21H2,1-2H3/t23-,24-,25-,26-,29-,30-,31+/m0/s1. The minimum atomic E-state index is -0.616. The van der Waals surface area contributed by atoms with Gasteiger partial charge in [0.1, 0.15) is 5.78 Å². The zero-order valence-electron chi connectivity index (χ0n) is 22.3. The van der Waals surface area contributed by atoms with Crippen LogP contribution in [0.5, 0.6) is 0 Å². The Kier molecular flexibility index (Phi) is 6.11. The average molecular weight is 493 g/mol. The molecule has 1 aliphatic heterocycles. The van der Waals surface area contributed by atoms with Crippen LogP contribution >= 0.6 is 0 Å². The first kappa shape index (κ1) is 24.6. The summed E-state index contributed by atoms with van der Waals surface area (Å²) in [6, 6.07) is 9.56. The smallest absolute Gasteiger partial charge is 0.253 e. The fourth-order valence-electron chi connectivity index (χ4n) is 9.53. The average Bonchev–Trinajstić information content (AvgIpc) is 3.19. The SMILES string of the molecule is C[C@]12CC[C@](O)(CN3CCN(C(=O)c4ccccc4)CC3)C[C@@H]1CC[C@@H]1[C@@H]2CC[C@]2(C)C(=O)CC[C@@H]12. The molecule has 5 heteroatoms. The predicted molar refractivity (Wildman–Crippen MR) is 140 cm³/mol. The van der Waals surface area contributed by atoms with E-state index in [2.05, 4.69) is 18.7 Å². The Morgan fingerprint density at radius 3 is 2.44 bits per heavy atom. The van der Waals surface area contributed by atoms with Gasteiger partial charge >= 0.3 is 0 Å². The molecule has 5 fully saturated rings. The Bertz CT molecular complexity index is 1000. The summed E-state index contributed by atoms with van der Waals surface area (Å²) >= 11 is 0. The summed E-state index contributed by atoms with van der Waals surface area (Å²) < 4.78 is 0. The van der Waals surface area contributed by atoms with Gasteiger partial charge in [-0.1, -0.05) is 32.0 Å². The quantitative estimate of drug-likeness (QED) is 0.659. The zero-order chi connectivity index (χ0) is 25.1. The Hall–Kier alpha value is -1.72. The maximum Gasteiger partial charge on any atom is 0.253 e. The molecule has 5 aliphatic rings. The number of aliphatic hydroxyl groups is 1. The van der Waals surface area contributed by atoms with E-state index in [1.54, 1.807) is 0 Å². The van der Waals surface area contributed by atoms with E-state index < -0.39 is 5.60 Å².